The van der Waals surface area contributed by atoms with Gasteiger partial charge in [0.1, 0.15) is 0 Å². The Hall–Kier alpha value is 0.0700. The molecule has 0 heterocycles. The molecule has 0 saturated carbocycles. The summed E-state index contributed by atoms with van der Waals surface area (Å²) < 4.78 is 13.4. The summed E-state index contributed by atoms with van der Waals surface area (Å²) in [5.74, 6) is 0. The van der Waals surface area contributed by atoms with Crippen LogP contribution in [0.2, 0.25) is 0 Å². The first-order valence-electron chi connectivity index (χ1n) is 2.91. The van der Waals surface area contributed by atoms with Gasteiger partial charge < -0.3 is 5.32 Å². The Kier molecular flexibility index (Phi) is 4.94. The van der Waals surface area contributed by atoms with E-state index in [1.165, 1.54) is 0 Å². The van der Waals surface area contributed by atoms with Crippen molar-refractivity contribution in [2.45, 2.75) is 13.0 Å². The van der Waals surface area contributed by atoms with Crippen LogP contribution in [0.5, 0.6) is 0 Å². The molecule has 9 heavy (non-hydrogen) atoms. The third-order valence-corrected chi connectivity index (χ3v) is 1.61. The second-order valence-electron chi connectivity index (χ2n) is 2.03. The Morgan fingerprint density at radius 1 is 1.67 bits per heavy atom. The van der Waals surface area contributed by atoms with Gasteiger partial charge in [0.25, 0.3) is 0 Å². The lowest BCUT2D eigenvalue weighted by molar-refractivity contribution is 0.608. The summed E-state index contributed by atoms with van der Waals surface area (Å²) in [6.45, 7) is 2.83. The third kappa shape index (κ3) is 5.95. The fourth-order valence-corrected chi connectivity index (χ4v) is 1.28. The standard InChI is InChI=1S/C5H14N2OS/c1-5(4-6-2)7-9(3)8/h5-7H,4H2,1-3H3/t5-,9?/m1/s1. The molecule has 56 valence electrons. The zero-order valence-corrected chi connectivity index (χ0v) is 6.92. The third-order valence-electron chi connectivity index (χ3n) is 0.877. The predicted octanol–water partition coefficient (Wildman–Crippen LogP) is -0.523. The zero-order valence-electron chi connectivity index (χ0n) is 6.10. The molecule has 0 aromatic heterocycles. The Morgan fingerprint density at radius 3 is 2.56 bits per heavy atom. The minimum Gasteiger partial charge on any atom is -0.318 e. The maximum Gasteiger partial charge on any atom is 0.0886 e. The van der Waals surface area contributed by atoms with E-state index >= 15 is 0 Å². The van der Waals surface area contributed by atoms with E-state index in [1.807, 2.05) is 14.0 Å². The number of likely N-dealkylation sites (N-methyl/N-ethyl adjacent to an activating group) is 1. The maximum absolute atomic E-state index is 10.5. The minimum absolute atomic E-state index is 0.279. The van der Waals surface area contributed by atoms with Crippen molar-refractivity contribution in [3.05, 3.63) is 0 Å². The van der Waals surface area contributed by atoms with E-state index in [0.29, 0.717) is 0 Å². The molecule has 4 heteroatoms. The van der Waals surface area contributed by atoms with Gasteiger partial charge in [-0.1, -0.05) is 0 Å². The molecule has 0 saturated heterocycles. The van der Waals surface area contributed by atoms with Gasteiger partial charge in [-0.3, -0.25) is 0 Å². The van der Waals surface area contributed by atoms with E-state index in [2.05, 4.69) is 10.0 Å². The highest BCUT2D eigenvalue weighted by molar-refractivity contribution is 7.82. The van der Waals surface area contributed by atoms with Crippen LogP contribution in [0, 0.1) is 0 Å². The zero-order chi connectivity index (χ0) is 7.28. The van der Waals surface area contributed by atoms with Crippen LogP contribution in [0.15, 0.2) is 0 Å². The molecule has 0 aromatic rings. The Morgan fingerprint density at radius 2 is 2.22 bits per heavy atom. The lowest BCUT2D eigenvalue weighted by Crippen LogP contribution is -2.35. The summed E-state index contributed by atoms with van der Waals surface area (Å²) >= 11 is 0. The summed E-state index contributed by atoms with van der Waals surface area (Å²) in [6, 6.07) is 0.279. The first-order valence-corrected chi connectivity index (χ1v) is 4.46. The average molecular weight is 150 g/mol. The molecule has 0 aliphatic rings. The van der Waals surface area contributed by atoms with Gasteiger partial charge in [-0.05, 0) is 14.0 Å². The van der Waals surface area contributed by atoms with Crippen LogP contribution < -0.4 is 10.0 Å². The van der Waals surface area contributed by atoms with E-state index in [-0.39, 0.29) is 6.04 Å². The van der Waals surface area contributed by atoms with Crippen LogP contribution in [0.3, 0.4) is 0 Å². The van der Waals surface area contributed by atoms with Crippen LogP contribution in [0.4, 0.5) is 0 Å². The van der Waals surface area contributed by atoms with Crippen molar-refractivity contribution >= 4 is 11.0 Å². The highest BCUT2D eigenvalue weighted by Gasteiger charge is 1.98. The summed E-state index contributed by atoms with van der Waals surface area (Å²) in [4.78, 5) is 0. The molecule has 0 aliphatic heterocycles. The fourth-order valence-electron chi connectivity index (χ4n) is 0.631. The molecule has 2 atom stereocenters. The monoisotopic (exact) mass is 150 g/mol. The van der Waals surface area contributed by atoms with Crippen LogP contribution >= 0.6 is 0 Å². The van der Waals surface area contributed by atoms with Gasteiger partial charge in [-0.15, -0.1) is 0 Å². The normalized spacial score (nSPS) is 17.2. The number of hydrogen-bond acceptors (Lipinski definition) is 2. The molecule has 0 radical (unpaired) electrons. The van der Waals surface area contributed by atoms with Gasteiger partial charge >= 0.3 is 0 Å². The number of nitrogens with one attached hydrogen (secondary N) is 2. The van der Waals surface area contributed by atoms with Crippen LogP contribution in [0.25, 0.3) is 0 Å². The summed E-state index contributed by atoms with van der Waals surface area (Å²) in [5.41, 5.74) is 0. The van der Waals surface area contributed by atoms with Gasteiger partial charge in [0.15, 0.2) is 0 Å². The van der Waals surface area contributed by atoms with Crippen molar-refractivity contribution in [3.8, 4) is 0 Å². The first kappa shape index (κ1) is 9.07. The molecule has 0 aliphatic carbocycles. The first-order chi connectivity index (χ1) is 4.16. The van der Waals surface area contributed by atoms with Crippen molar-refractivity contribution in [2.75, 3.05) is 19.8 Å². The topological polar surface area (TPSA) is 41.1 Å². The molecule has 3 nitrogen and oxygen atoms in total. The maximum atomic E-state index is 10.5. The second-order valence-corrected chi connectivity index (χ2v) is 3.17. The summed E-state index contributed by atoms with van der Waals surface area (Å²) in [7, 11) is 0.985. The lowest BCUT2D eigenvalue weighted by Gasteiger charge is -2.09. The molecule has 2 N–H and O–H groups in total. The molecule has 0 amide bonds. The van der Waals surface area contributed by atoms with Gasteiger partial charge in [0, 0.05) is 18.8 Å². The van der Waals surface area contributed by atoms with Gasteiger partial charge in [-0.25, -0.2) is 8.93 Å². The van der Waals surface area contributed by atoms with E-state index in [0.717, 1.165) is 6.54 Å². The van der Waals surface area contributed by atoms with Crippen molar-refractivity contribution < 1.29 is 4.21 Å². The summed E-state index contributed by atoms with van der Waals surface area (Å²) in [6.07, 6.45) is 1.63. The highest BCUT2D eigenvalue weighted by Crippen LogP contribution is 1.77. The molecule has 0 spiro atoms. The number of hydrogen-bond donors (Lipinski definition) is 2. The molecule has 1 unspecified atom stereocenters. The van der Waals surface area contributed by atoms with E-state index in [4.69, 9.17) is 0 Å². The molecule has 0 bridgehead atoms. The van der Waals surface area contributed by atoms with Gasteiger partial charge in [0.05, 0.1) is 11.0 Å². The van der Waals surface area contributed by atoms with E-state index < -0.39 is 11.0 Å². The Bertz CT molecular complexity index is 97.0. The Labute approximate surface area is 58.8 Å². The molecule has 0 fully saturated rings. The van der Waals surface area contributed by atoms with Gasteiger partial charge in [0.2, 0.25) is 0 Å². The Balaban J connectivity index is 3.26. The van der Waals surface area contributed by atoms with Crippen molar-refractivity contribution in [1.82, 2.24) is 10.0 Å². The highest BCUT2D eigenvalue weighted by atomic mass is 32.2. The second kappa shape index (κ2) is 4.90. The SMILES string of the molecule is CNC[C@@H](C)NS(C)=O. The summed E-state index contributed by atoms with van der Waals surface area (Å²) in [5, 5.41) is 2.98. The van der Waals surface area contributed by atoms with Crippen molar-refractivity contribution in [1.29, 1.82) is 0 Å². The minimum atomic E-state index is -0.887. The quantitative estimate of drug-likeness (QED) is 0.566. The van der Waals surface area contributed by atoms with Crippen LogP contribution in [0.1, 0.15) is 6.92 Å². The van der Waals surface area contributed by atoms with E-state index in [1.54, 1.807) is 6.26 Å². The van der Waals surface area contributed by atoms with Crippen molar-refractivity contribution in [3.63, 3.8) is 0 Å². The number of rotatable bonds is 4. The smallest absolute Gasteiger partial charge is 0.0886 e. The fraction of sp³-hybridized carbons (Fsp3) is 1.00. The molecular formula is C5H14N2OS. The van der Waals surface area contributed by atoms with Crippen molar-refractivity contribution in [2.24, 2.45) is 0 Å². The average Bonchev–Trinajstić information content (AvgIpc) is 1.63. The van der Waals surface area contributed by atoms with Crippen LogP contribution in [-0.2, 0) is 11.0 Å². The van der Waals surface area contributed by atoms with Gasteiger partial charge in [-0.2, -0.15) is 0 Å². The molecule has 0 aromatic carbocycles. The molecule has 0 rings (SSSR count). The largest absolute Gasteiger partial charge is 0.318 e. The van der Waals surface area contributed by atoms with E-state index in [9.17, 15) is 4.21 Å². The van der Waals surface area contributed by atoms with Crippen LogP contribution in [-0.4, -0.2) is 30.1 Å². The predicted molar refractivity (Wildman–Crippen MR) is 40.6 cm³/mol. The molecular weight excluding hydrogens is 136 g/mol. The lowest BCUT2D eigenvalue weighted by atomic mass is 10.4.